The first-order chi connectivity index (χ1) is 14.5. The van der Waals surface area contributed by atoms with Crippen LogP contribution in [-0.2, 0) is 16.1 Å². The monoisotopic (exact) mass is 419 g/mol. The molecule has 1 unspecified atom stereocenters. The molecule has 2 heterocycles. The quantitative estimate of drug-likeness (QED) is 0.370. The van der Waals surface area contributed by atoms with E-state index in [1.165, 1.54) is 16.2 Å². The number of aliphatic hydroxyl groups is 1. The minimum Gasteiger partial charge on any atom is -0.507 e. The van der Waals surface area contributed by atoms with Crippen LogP contribution in [0.1, 0.15) is 27.6 Å². The van der Waals surface area contributed by atoms with Crippen molar-refractivity contribution in [3.8, 4) is 5.75 Å². The van der Waals surface area contributed by atoms with Gasteiger partial charge in [0.25, 0.3) is 11.7 Å². The molecule has 1 aromatic heterocycles. The van der Waals surface area contributed by atoms with E-state index in [1.54, 1.807) is 25.3 Å². The van der Waals surface area contributed by atoms with Crippen LogP contribution in [0, 0.1) is 6.92 Å². The SMILES string of the molecule is COc1ccc(/C(O)=C2/C(=O)C(=O)N(Cc3cccs3)C2c2ccccc2)c(C)c1. The molecule has 2 aromatic carbocycles. The van der Waals surface area contributed by atoms with Gasteiger partial charge in [-0.1, -0.05) is 36.4 Å². The molecule has 152 valence electrons. The summed E-state index contributed by atoms with van der Waals surface area (Å²) in [6, 6.07) is 17.7. The Balaban J connectivity index is 1.87. The van der Waals surface area contributed by atoms with Crippen LogP contribution in [0.25, 0.3) is 5.76 Å². The summed E-state index contributed by atoms with van der Waals surface area (Å²) in [6.07, 6.45) is 0. The number of aryl methyl sites for hydroxylation is 1. The first-order valence-corrected chi connectivity index (χ1v) is 10.4. The van der Waals surface area contributed by atoms with E-state index in [1.807, 2.05) is 54.8 Å². The molecule has 6 heteroatoms. The summed E-state index contributed by atoms with van der Waals surface area (Å²) in [6.45, 7) is 2.14. The van der Waals surface area contributed by atoms with Gasteiger partial charge in [-0.2, -0.15) is 0 Å². The average molecular weight is 420 g/mol. The Hall–Kier alpha value is -3.38. The van der Waals surface area contributed by atoms with Gasteiger partial charge < -0.3 is 14.7 Å². The van der Waals surface area contributed by atoms with Gasteiger partial charge in [0, 0.05) is 10.4 Å². The van der Waals surface area contributed by atoms with E-state index >= 15 is 0 Å². The van der Waals surface area contributed by atoms with E-state index in [0.717, 1.165) is 16.0 Å². The number of amides is 1. The number of ketones is 1. The molecule has 1 saturated heterocycles. The van der Waals surface area contributed by atoms with E-state index in [9.17, 15) is 14.7 Å². The van der Waals surface area contributed by atoms with Crippen molar-refractivity contribution in [2.24, 2.45) is 0 Å². The number of hydrogen-bond donors (Lipinski definition) is 1. The molecule has 1 aliphatic rings. The van der Waals surface area contributed by atoms with Crippen LogP contribution in [-0.4, -0.2) is 28.8 Å². The molecule has 0 radical (unpaired) electrons. The molecule has 30 heavy (non-hydrogen) atoms. The number of rotatable bonds is 5. The zero-order chi connectivity index (χ0) is 21.3. The lowest BCUT2D eigenvalue weighted by molar-refractivity contribution is -0.140. The van der Waals surface area contributed by atoms with Gasteiger partial charge >= 0.3 is 0 Å². The molecule has 1 N–H and O–H groups in total. The zero-order valence-electron chi connectivity index (χ0n) is 16.7. The molecular formula is C24H21NO4S. The van der Waals surface area contributed by atoms with Gasteiger partial charge in [0.05, 0.1) is 25.3 Å². The summed E-state index contributed by atoms with van der Waals surface area (Å²) < 4.78 is 5.23. The topological polar surface area (TPSA) is 66.8 Å². The van der Waals surface area contributed by atoms with Crippen molar-refractivity contribution in [3.63, 3.8) is 0 Å². The first-order valence-electron chi connectivity index (χ1n) is 9.52. The van der Waals surface area contributed by atoms with Crippen LogP contribution >= 0.6 is 11.3 Å². The fourth-order valence-corrected chi connectivity index (χ4v) is 4.47. The number of aliphatic hydroxyl groups excluding tert-OH is 1. The highest BCUT2D eigenvalue weighted by atomic mass is 32.1. The van der Waals surface area contributed by atoms with Crippen molar-refractivity contribution in [2.75, 3.05) is 7.11 Å². The van der Waals surface area contributed by atoms with Gasteiger partial charge in [0.15, 0.2) is 0 Å². The van der Waals surface area contributed by atoms with Crippen LogP contribution in [0.3, 0.4) is 0 Å². The second-order valence-electron chi connectivity index (χ2n) is 7.10. The van der Waals surface area contributed by atoms with Crippen LogP contribution in [0.15, 0.2) is 71.6 Å². The third-order valence-electron chi connectivity index (χ3n) is 5.25. The Kier molecular flexibility index (Phi) is 5.42. The summed E-state index contributed by atoms with van der Waals surface area (Å²) >= 11 is 1.53. The predicted octanol–water partition coefficient (Wildman–Crippen LogP) is 4.69. The molecule has 1 aliphatic heterocycles. The highest BCUT2D eigenvalue weighted by molar-refractivity contribution is 7.09. The maximum absolute atomic E-state index is 13.0. The largest absolute Gasteiger partial charge is 0.507 e. The van der Waals surface area contributed by atoms with Crippen molar-refractivity contribution in [1.29, 1.82) is 0 Å². The third-order valence-corrected chi connectivity index (χ3v) is 6.11. The number of nitrogens with zero attached hydrogens (tertiary/aromatic N) is 1. The van der Waals surface area contributed by atoms with Crippen molar-refractivity contribution in [2.45, 2.75) is 19.5 Å². The maximum Gasteiger partial charge on any atom is 0.295 e. The first kappa shape index (κ1) is 19.9. The molecule has 0 aliphatic carbocycles. The number of carbonyl (C=O) groups excluding carboxylic acids is 2. The Morgan fingerprint density at radius 1 is 1.10 bits per heavy atom. The smallest absolute Gasteiger partial charge is 0.295 e. The highest BCUT2D eigenvalue weighted by Gasteiger charge is 2.46. The maximum atomic E-state index is 13.0. The van der Waals surface area contributed by atoms with Gasteiger partial charge in [-0.3, -0.25) is 9.59 Å². The summed E-state index contributed by atoms with van der Waals surface area (Å²) in [5, 5.41) is 13.1. The predicted molar refractivity (Wildman–Crippen MR) is 116 cm³/mol. The van der Waals surface area contributed by atoms with Gasteiger partial charge in [-0.15, -0.1) is 11.3 Å². The molecule has 1 amide bonds. The lowest BCUT2D eigenvalue weighted by Gasteiger charge is -2.25. The zero-order valence-corrected chi connectivity index (χ0v) is 17.5. The Bertz CT molecular complexity index is 1120. The number of carbonyl (C=O) groups is 2. The minimum absolute atomic E-state index is 0.107. The standard InChI is InChI=1S/C24H21NO4S/c1-15-13-17(29-2)10-11-19(15)22(26)20-21(16-7-4-3-5-8-16)25(24(28)23(20)27)14-18-9-6-12-30-18/h3-13,21,26H,14H2,1-2H3/b22-20-. The second kappa shape index (κ2) is 8.16. The normalized spacial score (nSPS) is 18.1. The number of thiophene rings is 1. The van der Waals surface area contributed by atoms with Crippen LogP contribution in [0.2, 0.25) is 0 Å². The van der Waals surface area contributed by atoms with Crippen molar-refractivity contribution in [1.82, 2.24) is 4.90 Å². The van der Waals surface area contributed by atoms with E-state index in [2.05, 4.69) is 0 Å². The fraction of sp³-hybridized carbons (Fsp3) is 0.167. The number of Topliss-reactive ketones (excluding diaryl/α,β-unsaturated/α-hetero) is 1. The summed E-state index contributed by atoms with van der Waals surface area (Å²) in [4.78, 5) is 28.5. The van der Waals surface area contributed by atoms with Crippen LogP contribution in [0.4, 0.5) is 0 Å². The molecule has 0 saturated carbocycles. The number of hydrogen-bond acceptors (Lipinski definition) is 5. The number of likely N-dealkylation sites (tertiary alicyclic amines) is 1. The summed E-state index contributed by atoms with van der Waals surface area (Å²) in [7, 11) is 1.57. The fourth-order valence-electron chi connectivity index (χ4n) is 3.77. The Morgan fingerprint density at radius 3 is 2.50 bits per heavy atom. The molecule has 0 bridgehead atoms. The lowest BCUT2D eigenvalue weighted by atomic mass is 9.94. The average Bonchev–Trinajstić information content (AvgIpc) is 3.36. The number of benzene rings is 2. The van der Waals surface area contributed by atoms with E-state index in [4.69, 9.17) is 4.74 Å². The number of methoxy groups -OCH3 is 1. The van der Waals surface area contributed by atoms with Gasteiger partial charge in [-0.25, -0.2) is 0 Å². The van der Waals surface area contributed by atoms with E-state index in [-0.39, 0.29) is 11.3 Å². The third kappa shape index (κ3) is 3.50. The Labute approximate surface area is 178 Å². The molecule has 4 rings (SSSR count). The summed E-state index contributed by atoms with van der Waals surface area (Å²) in [5.74, 6) is -0.795. The minimum atomic E-state index is -0.673. The van der Waals surface area contributed by atoms with Crippen LogP contribution in [0.5, 0.6) is 5.75 Å². The van der Waals surface area contributed by atoms with E-state index < -0.39 is 17.7 Å². The van der Waals surface area contributed by atoms with Crippen molar-refractivity contribution in [3.05, 3.63) is 93.2 Å². The molecule has 0 spiro atoms. The van der Waals surface area contributed by atoms with Crippen molar-refractivity contribution >= 4 is 28.8 Å². The van der Waals surface area contributed by atoms with E-state index in [0.29, 0.717) is 17.9 Å². The molecular weight excluding hydrogens is 398 g/mol. The molecule has 1 fully saturated rings. The lowest BCUT2D eigenvalue weighted by Crippen LogP contribution is -2.28. The van der Waals surface area contributed by atoms with Crippen LogP contribution < -0.4 is 4.74 Å². The highest BCUT2D eigenvalue weighted by Crippen LogP contribution is 2.41. The molecule has 1 atom stereocenters. The molecule has 3 aromatic rings. The molecule has 5 nitrogen and oxygen atoms in total. The van der Waals surface area contributed by atoms with Gasteiger partial charge in [0.2, 0.25) is 0 Å². The second-order valence-corrected chi connectivity index (χ2v) is 8.13. The van der Waals surface area contributed by atoms with Gasteiger partial charge in [0.1, 0.15) is 11.5 Å². The Morgan fingerprint density at radius 2 is 1.87 bits per heavy atom. The van der Waals surface area contributed by atoms with Crippen molar-refractivity contribution < 1.29 is 19.4 Å². The van der Waals surface area contributed by atoms with Gasteiger partial charge in [-0.05, 0) is 47.7 Å². The summed E-state index contributed by atoms with van der Waals surface area (Å²) in [5.41, 5.74) is 2.14. The number of ether oxygens (including phenoxy) is 1.